The van der Waals surface area contributed by atoms with Crippen LogP contribution < -0.4 is 10.6 Å². The molecule has 0 aliphatic heterocycles. The van der Waals surface area contributed by atoms with Crippen LogP contribution in [0.5, 0.6) is 0 Å². The number of benzene rings is 2. The number of nitrogens with zero attached hydrogens (tertiary/aromatic N) is 1. The SMILES string of the molecule is CCC(C)(C)N(C(=O)C(CC(C)C)NC(=O)OC(C)(C)C)C(C(=O)NC(Cc1ccccc1)C(=O)OC(C)(C)C)c1cc(C)cc(C)c1. The first-order valence-electron chi connectivity index (χ1n) is 17.0. The van der Waals surface area contributed by atoms with Crippen molar-refractivity contribution in [1.82, 2.24) is 15.5 Å². The molecule has 9 nitrogen and oxygen atoms in total. The molecule has 0 aliphatic rings. The van der Waals surface area contributed by atoms with Crippen molar-refractivity contribution >= 4 is 23.9 Å². The average molecular weight is 666 g/mol. The van der Waals surface area contributed by atoms with Gasteiger partial charge in [-0.15, -0.1) is 0 Å². The van der Waals surface area contributed by atoms with Gasteiger partial charge in [-0.2, -0.15) is 0 Å². The summed E-state index contributed by atoms with van der Waals surface area (Å²) in [4.78, 5) is 57.9. The Morgan fingerprint density at radius 2 is 1.31 bits per heavy atom. The standard InChI is InChI=1S/C39H59N3O6/c1-14-39(12,13)42(34(44)30(20-25(2)3)41-36(46)48-38(9,10)11)32(29-22-26(4)21-27(5)23-29)33(43)40-31(35(45)47-37(6,7)8)24-28-18-16-15-17-19-28/h15-19,21-23,25,30-32H,14,20,24H2,1-13H3,(H,40,43)(H,41,46). The van der Waals surface area contributed by atoms with Crippen molar-refractivity contribution in [2.24, 2.45) is 5.92 Å². The van der Waals surface area contributed by atoms with Crippen LogP contribution in [0.25, 0.3) is 0 Å². The Hall–Kier alpha value is -3.88. The largest absolute Gasteiger partial charge is 0.458 e. The molecular formula is C39H59N3O6. The number of hydrogen-bond acceptors (Lipinski definition) is 6. The Labute approximate surface area is 288 Å². The van der Waals surface area contributed by atoms with Gasteiger partial charge >= 0.3 is 12.1 Å². The molecule has 0 fully saturated rings. The van der Waals surface area contributed by atoms with Crippen LogP contribution in [0.1, 0.15) is 117 Å². The van der Waals surface area contributed by atoms with Gasteiger partial charge in [0.15, 0.2) is 0 Å². The second kappa shape index (κ2) is 16.5. The van der Waals surface area contributed by atoms with Crippen LogP contribution in [-0.4, -0.2) is 57.6 Å². The number of ether oxygens (including phenoxy) is 2. The maximum absolute atomic E-state index is 14.9. The van der Waals surface area contributed by atoms with Gasteiger partial charge in [-0.1, -0.05) is 80.4 Å². The van der Waals surface area contributed by atoms with Crippen LogP contribution in [0, 0.1) is 19.8 Å². The summed E-state index contributed by atoms with van der Waals surface area (Å²) in [6.45, 7) is 24.2. The predicted molar refractivity (Wildman–Crippen MR) is 190 cm³/mol. The summed E-state index contributed by atoms with van der Waals surface area (Å²) in [5, 5.41) is 5.80. The maximum atomic E-state index is 14.9. The molecule has 0 saturated heterocycles. The van der Waals surface area contributed by atoms with Gasteiger partial charge in [-0.05, 0) is 99.1 Å². The average Bonchev–Trinajstić information content (AvgIpc) is 2.92. The molecule has 3 atom stereocenters. The number of alkyl carbamates (subject to hydrolysis) is 1. The first-order chi connectivity index (χ1) is 22.0. The lowest BCUT2D eigenvalue weighted by molar-refractivity contribution is -0.159. The number of esters is 1. The van der Waals surface area contributed by atoms with Crippen LogP contribution >= 0.6 is 0 Å². The number of carbonyl (C=O) groups is 4. The molecule has 0 bridgehead atoms. The normalized spacial score (nSPS) is 14.0. The van der Waals surface area contributed by atoms with Crippen molar-refractivity contribution in [3.63, 3.8) is 0 Å². The van der Waals surface area contributed by atoms with E-state index in [1.807, 2.05) is 97.0 Å². The van der Waals surface area contributed by atoms with E-state index in [0.29, 0.717) is 18.4 Å². The second-order valence-corrected chi connectivity index (χ2v) is 15.8. The summed E-state index contributed by atoms with van der Waals surface area (Å²) in [5.74, 6) is -1.48. The highest BCUT2D eigenvalue weighted by molar-refractivity contribution is 5.94. The molecule has 0 saturated carbocycles. The first-order valence-corrected chi connectivity index (χ1v) is 17.0. The number of hydrogen-bond donors (Lipinski definition) is 2. The van der Waals surface area contributed by atoms with Gasteiger partial charge < -0.3 is 25.0 Å². The zero-order chi connectivity index (χ0) is 36.6. The minimum atomic E-state index is -1.14. The third-order valence-corrected chi connectivity index (χ3v) is 7.81. The van der Waals surface area contributed by atoms with Gasteiger partial charge in [0.1, 0.15) is 29.3 Å². The molecule has 266 valence electrons. The highest BCUT2D eigenvalue weighted by Gasteiger charge is 2.44. The van der Waals surface area contributed by atoms with E-state index in [-0.39, 0.29) is 12.3 Å². The number of aryl methyl sites for hydroxylation is 2. The number of amides is 3. The Kier molecular flexibility index (Phi) is 13.8. The summed E-state index contributed by atoms with van der Waals surface area (Å²) in [6, 6.07) is 12.1. The molecule has 0 radical (unpaired) electrons. The summed E-state index contributed by atoms with van der Waals surface area (Å²) in [5.41, 5.74) is 0.885. The van der Waals surface area contributed by atoms with Crippen molar-refractivity contribution in [3.05, 3.63) is 70.8 Å². The molecule has 2 rings (SSSR count). The summed E-state index contributed by atoms with van der Waals surface area (Å²) in [6.07, 6.45) is 0.316. The second-order valence-electron chi connectivity index (χ2n) is 15.8. The Morgan fingerprint density at radius 3 is 1.79 bits per heavy atom. The zero-order valence-electron chi connectivity index (χ0n) is 31.4. The van der Waals surface area contributed by atoms with E-state index in [1.54, 1.807) is 46.4 Å². The topological polar surface area (TPSA) is 114 Å². The molecule has 0 aromatic heterocycles. The first kappa shape index (κ1) is 40.3. The molecular weight excluding hydrogens is 606 g/mol. The summed E-state index contributed by atoms with van der Waals surface area (Å²) in [7, 11) is 0. The summed E-state index contributed by atoms with van der Waals surface area (Å²) < 4.78 is 11.3. The summed E-state index contributed by atoms with van der Waals surface area (Å²) >= 11 is 0. The molecule has 0 aliphatic carbocycles. The molecule has 9 heteroatoms. The van der Waals surface area contributed by atoms with E-state index in [4.69, 9.17) is 9.47 Å². The van der Waals surface area contributed by atoms with Crippen molar-refractivity contribution in [1.29, 1.82) is 0 Å². The monoisotopic (exact) mass is 665 g/mol. The molecule has 0 spiro atoms. The molecule has 3 amide bonds. The van der Waals surface area contributed by atoms with E-state index in [9.17, 15) is 19.2 Å². The fourth-order valence-corrected chi connectivity index (χ4v) is 5.51. The molecule has 2 N–H and O–H groups in total. The number of carbonyl (C=O) groups excluding carboxylic acids is 4. The van der Waals surface area contributed by atoms with Gasteiger partial charge in [0.05, 0.1) is 0 Å². The Bertz CT molecular complexity index is 1380. The highest BCUT2D eigenvalue weighted by Crippen LogP contribution is 2.34. The molecule has 2 aromatic rings. The van der Waals surface area contributed by atoms with Crippen LogP contribution in [0.15, 0.2) is 48.5 Å². The van der Waals surface area contributed by atoms with Crippen molar-refractivity contribution in [3.8, 4) is 0 Å². The fourth-order valence-electron chi connectivity index (χ4n) is 5.51. The third kappa shape index (κ3) is 12.6. The molecule has 48 heavy (non-hydrogen) atoms. The van der Waals surface area contributed by atoms with Gasteiger partial charge in [-0.3, -0.25) is 9.59 Å². The molecule has 2 aromatic carbocycles. The van der Waals surface area contributed by atoms with Gasteiger partial charge in [0.25, 0.3) is 0 Å². The van der Waals surface area contributed by atoms with E-state index >= 15 is 0 Å². The van der Waals surface area contributed by atoms with E-state index in [0.717, 1.165) is 16.7 Å². The van der Waals surface area contributed by atoms with Crippen molar-refractivity contribution in [2.45, 2.75) is 144 Å². The van der Waals surface area contributed by atoms with Crippen LogP contribution in [0.2, 0.25) is 0 Å². The number of rotatable bonds is 13. The lowest BCUT2D eigenvalue weighted by Crippen LogP contribution is -2.60. The van der Waals surface area contributed by atoms with E-state index in [1.165, 1.54) is 0 Å². The van der Waals surface area contributed by atoms with Crippen LogP contribution in [-0.2, 0) is 30.3 Å². The van der Waals surface area contributed by atoms with Crippen LogP contribution in [0.4, 0.5) is 4.79 Å². The third-order valence-electron chi connectivity index (χ3n) is 7.81. The highest BCUT2D eigenvalue weighted by atomic mass is 16.6. The lowest BCUT2D eigenvalue weighted by Gasteiger charge is -2.45. The Balaban J connectivity index is 2.75. The van der Waals surface area contributed by atoms with Gasteiger partial charge in [-0.25, -0.2) is 9.59 Å². The lowest BCUT2D eigenvalue weighted by atomic mass is 9.89. The molecule has 0 heterocycles. The molecule has 3 unspecified atom stereocenters. The smallest absolute Gasteiger partial charge is 0.408 e. The minimum Gasteiger partial charge on any atom is -0.458 e. The van der Waals surface area contributed by atoms with E-state index in [2.05, 4.69) is 10.6 Å². The fraction of sp³-hybridized carbons (Fsp3) is 0.590. The van der Waals surface area contributed by atoms with Crippen molar-refractivity contribution in [2.75, 3.05) is 0 Å². The minimum absolute atomic E-state index is 0.0383. The zero-order valence-corrected chi connectivity index (χ0v) is 31.4. The number of nitrogens with one attached hydrogen (secondary N) is 2. The van der Waals surface area contributed by atoms with Crippen LogP contribution in [0.3, 0.4) is 0 Å². The van der Waals surface area contributed by atoms with Gasteiger partial charge in [0.2, 0.25) is 11.8 Å². The Morgan fingerprint density at radius 1 is 0.771 bits per heavy atom. The predicted octanol–water partition coefficient (Wildman–Crippen LogP) is 7.37. The van der Waals surface area contributed by atoms with Crippen molar-refractivity contribution < 1.29 is 28.7 Å². The quantitative estimate of drug-likeness (QED) is 0.216. The van der Waals surface area contributed by atoms with E-state index < -0.39 is 58.7 Å². The maximum Gasteiger partial charge on any atom is 0.408 e. The van der Waals surface area contributed by atoms with Gasteiger partial charge in [0, 0.05) is 12.0 Å².